The summed E-state index contributed by atoms with van der Waals surface area (Å²) in [6.45, 7) is 12.4. The van der Waals surface area contributed by atoms with E-state index in [4.69, 9.17) is 5.73 Å². The van der Waals surface area contributed by atoms with Crippen LogP contribution in [0.3, 0.4) is 0 Å². The van der Waals surface area contributed by atoms with E-state index in [1.807, 2.05) is 16.7 Å². The van der Waals surface area contributed by atoms with Gasteiger partial charge in [0, 0.05) is 32.1 Å². The number of piperidine rings is 1. The molecule has 0 bridgehead atoms. The van der Waals surface area contributed by atoms with Gasteiger partial charge in [-0.3, -0.25) is 14.4 Å². The lowest BCUT2D eigenvalue weighted by Gasteiger charge is -2.44. The van der Waals surface area contributed by atoms with Crippen molar-refractivity contribution in [2.24, 2.45) is 23.5 Å². The molecular formula is C22H40N4O3. The summed E-state index contributed by atoms with van der Waals surface area (Å²) in [5, 5.41) is 3.33. The maximum absolute atomic E-state index is 13.6. The van der Waals surface area contributed by atoms with Gasteiger partial charge in [-0.05, 0) is 50.4 Å². The highest BCUT2D eigenvalue weighted by atomic mass is 16.2. The second-order valence-corrected chi connectivity index (χ2v) is 9.75. The summed E-state index contributed by atoms with van der Waals surface area (Å²) in [4.78, 5) is 41.7. The Hall–Kier alpha value is -1.63. The predicted octanol–water partition coefficient (Wildman–Crippen LogP) is 1.75. The molecule has 2 fully saturated rings. The smallest absolute Gasteiger partial charge is 0.245 e. The van der Waals surface area contributed by atoms with Crippen LogP contribution in [-0.2, 0) is 14.4 Å². The number of carbonyl (C=O) groups is 3. The van der Waals surface area contributed by atoms with Crippen LogP contribution in [0, 0.1) is 17.8 Å². The fourth-order valence-electron chi connectivity index (χ4n) is 4.79. The molecule has 0 saturated carbocycles. The van der Waals surface area contributed by atoms with Gasteiger partial charge in [0.25, 0.3) is 0 Å². The summed E-state index contributed by atoms with van der Waals surface area (Å²) < 4.78 is 0. The van der Waals surface area contributed by atoms with Crippen LogP contribution in [0.25, 0.3) is 0 Å². The summed E-state index contributed by atoms with van der Waals surface area (Å²) in [5.74, 6) is 0.814. The molecule has 2 aliphatic rings. The van der Waals surface area contributed by atoms with E-state index in [0.29, 0.717) is 37.8 Å². The molecule has 0 aromatic carbocycles. The summed E-state index contributed by atoms with van der Waals surface area (Å²) >= 11 is 0. The van der Waals surface area contributed by atoms with Gasteiger partial charge < -0.3 is 20.9 Å². The molecule has 0 spiro atoms. The Bertz CT molecular complexity index is 593. The van der Waals surface area contributed by atoms with Crippen LogP contribution in [0.5, 0.6) is 0 Å². The first kappa shape index (κ1) is 23.6. The van der Waals surface area contributed by atoms with E-state index >= 15 is 0 Å². The lowest BCUT2D eigenvalue weighted by Crippen LogP contribution is -2.62. The molecule has 4 atom stereocenters. The zero-order valence-corrected chi connectivity index (χ0v) is 18.8. The average molecular weight is 409 g/mol. The number of likely N-dealkylation sites (tertiary alicyclic amines) is 1. The monoisotopic (exact) mass is 408 g/mol. The zero-order chi connectivity index (χ0) is 21.7. The van der Waals surface area contributed by atoms with Gasteiger partial charge >= 0.3 is 0 Å². The molecule has 2 aliphatic heterocycles. The van der Waals surface area contributed by atoms with Crippen LogP contribution < -0.4 is 11.1 Å². The lowest BCUT2D eigenvalue weighted by atomic mass is 9.87. The highest BCUT2D eigenvalue weighted by Crippen LogP contribution is 2.28. The van der Waals surface area contributed by atoms with E-state index in [1.54, 1.807) is 0 Å². The molecule has 7 nitrogen and oxygen atoms in total. The number of piperazine rings is 1. The minimum absolute atomic E-state index is 0.0553. The molecule has 0 aromatic rings. The normalized spacial score (nSPS) is 26.9. The molecule has 3 amide bonds. The van der Waals surface area contributed by atoms with Crippen LogP contribution in [0.2, 0.25) is 0 Å². The van der Waals surface area contributed by atoms with Gasteiger partial charge in [-0.25, -0.2) is 0 Å². The summed E-state index contributed by atoms with van der Waals surface area (Å²) in [5.41, 5.74) is 5.36. The first-order valence-corrected chi connectivity index (χ1v) is 11.2. The quantitative estimate of drug-likeness (QED) is 0.640. The fourth-order valence-corrected chi connectivity index (χ4v) is 4.79. The first-order chi connectivity index (χ1) is 13.6. The first-order valence-electron chi connectivity index (χ1n) is 11.2. The van der Waals surface area contributed by atoms with E-state index in [-0.39, 0.29) is 35.7 Å². The van der Waals surface area contributed by atoms with Gasteiger partial charge in [-0.2, -0.15) is 0 Å². The molecule has 0 aromatic heterocycles. The van der Waals surface area contributed by atoms with Gasteiger partial charge in [0.1, 0.15) is 6.04 Å². The van der Waals surface area contributed by atoms with Gasteiger partial charge in [-0.15, -0.1) is 0 Å². The Labute approximate surface area is 175 Å². The van der Waals surface area contributed by atoms with Gasteiger partial charge in [0.2, 0.25) is 17.7 Å². The Balaban J connectivity index is 2.14. The van der Waals surface area contributed by atoms with Crippen LogP contribution in [0.4, 0.5) is 0 Å². The van der Waals surface area contributed by atoms with Crippen LogP contribution in [0.15, 0.2) is 0 Å². The molecule has 0 unspecified atom stereocenters. The largest absolute Gasteiger partial charge is 0.370 e. The van der Waals surface area contributed by atoms with Crippen molar-refractivity contribution in [2.45, 2.75) is 84.8 Å². The maximum atomic E-state index is 13.6. The van der Waals surface area contributed by atoms with Crippen molar-refractivity contribution < 1.29 is 14.4 Å². The molecule has 3 N–H and O–H groups in total. The average Bonchev–Trinajstić information content (AvgIpc) is 2.60. The number of amides is 3. The van der Waals surface area contributed by atoms with Crippen molar-refractivity contribution >= 4 is 17.7 Å². The molecule has 2 heterocycles. The fraction of sp³-hybridized carbons (Fsp3) is 0.864. The topological polar surface area (TPSA) is 95.7 Å². The number of carbonyl (C=O) groups excluding carboxylic acids is 3. The Morgan fingerprint density at radius 1 is 1.17 bits per heavy atom. The third kappa shape index (κ3) is 6.43. The molecular weight excluding hydrogens is 368 g/mol. The van der Waals surface area contributed by atoms with Crippen LogP contribution in [-0.4, -0.2) is 65.3 Å². The Morgan fingerprint density at radius 2 is 1.86 bits per heavy atom. The van der Waals surface area contributed by atoms with Crippen molar-refractivity contribution in [3.63, 3.8) is 0 Å². The summed E-state index contributed by atoms with van der Waals surface area (Å²) in [6.07, 6.45) is 3.42. The van der Waals surface area contributed by atoms with Crippen molar-refractivity contribution in [3.8, 4) is 0 Å². The predicted molar refractivity (Wildman–Crippen MR) is 114 cm³/mol. The second kappa shape index (κ2) is 10.4. The van der Waals surface area contributed by atoms with E-state index in [9.17, 15) is 14.4 Å². The third-order valence-electron chi connectivity index (χ3n) is 6.15. The number of primary amides is 1. The number of nitrogens with zero attached hydrogens (tertiary/aromatic N) is 2. The number of hydrogen-bond donors (Lipinski definition) is 2. The minimum Gasteiger partial charge on any atom is -0.370 e. The summed E-state index contributed by atoms with van der Waals surface area (Å²) in [6, 6.07) is -0.556. The molecule has 29 heavy (non-hydrogen) atoms. The molecule has 166 valence electrons. The van der Waals surface area contributed by atoms with Crippen molar-refractivity contribution in [3.05, 3.63) is 0 Å². The highest BCUT2D eigenvalue weighted by molar-refractivity contribution is 5.90. The Kier molecular flexibility index (Phi) is 8.49. The van der Waals surface area contributed by atoms with E-state index < -0.39 is 6.04 Å². The van der Waals surface area contributed by atoms with Crippen LogP contribution >= 0.6 is 0 Å². The lowest BCUT2D eigenvalue weighted by molar-refractivity contribution is -0.152. The number of rotatable bonds is 8. The van der Waals surface area contributed by atoms with Gasteiger partial charge in [-0.1, -0.05) is 27.7 Å². The van der Waals surface area contributed by atoms with E-state index in [0.717, 1.165) is 25.8 Å². The molecule has 7 heteroatoms. The molecule has 2 rings (SSSR count). The minimum atomic E-state index is -0.408. The van der Waals surface area contributed by atoms with Crippen molar-refractivity contribution in [1.29, 1.82) is 0 Å². The van der Waals surface area contributed by atoms with Crippen molar-refractivity contribution in [2.75, 3.05) is 19.6 Å². The van der Waals surface area contributed by atoms with Crippen molar-refractivity contribution in [1.82, 2.24) is 15.1 Å². The van der Waals surface area contributed by atoms with Gasteiger partial charge in [0.15, 0.2) is 0 Å². The molecule has 0 aliphatic carbocycles. The van der Waals surface area contributed by atoms with E-state index in [2.05, 4.69) is 33.0 Å². The highest BCUT2D eigenvalue weighted by Gasteiger charge is 2.40. The number of hydrogen-bond acceptors (Lipinski definition) is 4. The Morgan fingerprint density at radius 3 is 2.41 bits per heavy atom. The molecule has 2 saturated heterocycles. The standard InChI is InChI=1S/C22H40N4O3/c1-14(2)10-18-21(28)26(9-7-24-18)19(11-15(3)4)22(29)25-8-6-17(12-16(25)5)13-20(23)27/h14-19,24H,6-13H2,1-5H3,(H2,23,27)/t16-,17-,18-,19-/m0/s1. The SMILES string of the molecule is CC(C)C[C@@H]1NCCN([C@@H](CC(C)C)C(=O)N2CC[C@H](CC(N)=O)C[C@@H]2C)C1=O. The zero-order valence-electron chi connectivity index (χ0n) is 18.8. The maximum Gasteiger partial charge on any atom is 0.245 e. The van der Waals surface area contributed by atoms with Crippen LogP contribution in [0.1, 0.15) is 66.7 Å². The number of nitrogens with one attached hydrogen (secondary N) is 1. The van der Waals surface area contributed by atoms with E-state index in [1.165, 1.54) is 0 Å². The third-order valence-corrected chi connectivity index (χ3v) is 6.15. The number of nitrogens with two attached hydrogens (primary N) is 1. The summed E-state index contributed by atoms with van der Waals surface area (Å²) in [7, 11) is 0. The second-order valence-electron chi connectivity index (χ2n) is 9.75. The molecule has 0 radical (unpaired) electrons. The van der Waals surface area contributed by atoms with Gasteiger partial charge in [0.05, 0.1) is 6.04 Å².